The number of nitrogen functional groups attached to an aromatic ring is 1. The van der Waals surface area contributed by atoms with Gasteiger partial charge in [-0.05, 0) is 23.8 Å². The number of aromatic nitrogens is 3. The van der Waals surface area contributed by atoms with Crippen LogP contribution in [0.1, 0.15) is 5.56 Å². The Morgan fingerprint density at radius 1 is 1.06 bits per heavy atom. The molecule has 3 rings (SSSR count). The van der Waals surface area contributed by atoms with Crippen LogP contribution >= 0.6 is 0 Å². The van der Waals surface area contributed by atoms with Crippen LogP contribution in [0.5, 0.6) is 0 Å². The molecule has 4 nitrogen and oxygen atoms in total. The number of fused-ring (bicyclic) bond motifs is 1. The standard InChI is InChI=1S/C13H11FN4/c14-10-3-1-9(2-4-10)7-18-6-5-11-12(8-18)17-13(15)16-11/h1-6,8H,7H2,(H2,15,17). The van der Waals surface area contributed by atoms with Crippen molar-refractivity contribution < 1.29 is 4.39 Å². The summed E-state index contributed by atoms with van der Waals surface area (Å²) in [5.41, 5.74) is 8.10. The van der Waals surface area contributed by atoms with Crippen LogP contribution in [0.2, 0.25) is 0 Å². The van der Waals surface area contributed by atoms with Crippen molar-refractivity contribution in [1.82, 2.24) is 14.5 Å². The summed E-state index contributed by atoms with van der Waals surface area (Å²) in [6, 6.07) is 8.29. The number of halogens is 1. The van der Waals surface area contributed by atoms with Crippen LogP contribution in [0, 0.1) is 5.82 Å². The van der Waals surface area contributed by atoms with Gasteiger partial charge in [-0.1, -0.05) is 12.1 Å². The first-order valence-electron chi connectivity index (χ1n) is 5.54. The van der Waals surface area contributed by atoms with E-state index in [0.29, 0.717) is 6.54 Å². The van der Waals surface area contributed by atoms with Gasteiger partial charge in [0.05, 0.1) is 5.69 Å². The van der Waals surface area contributed by atoms with E-state index in [2.05, 4.69) is 9.97 Å². The Morgan fingerprint density at radius 3 is 2.56 bits per heavy atom. The van der Waals surface area contributed by atoms with Gasteiger partial charge >= 0.3 is 0 Å². The van der Waals surface area contributed by atoms with Crippen molar-refractivity contribution in [3.63, 3.8) is 0 Å². The summed E-state index contributed by atoms with van der Waals surface area (Å²) in [7, 11) is 0. The van der Waals surface area contributed by atoms with Crippen molar-refractivity contribution in [2.24, 2.45) is 0 Å². The average Bonchev–Trinajstić information content (AvgIpc) is 2.71. The Kier molecular flexibility index (Phi) is 2.44. The zero-order chi connectivity index (χ0) is 12.5. The summed E-state index contributed by atoms with van der Waals surface area (Å²) in [6.07, 6.45) is 3.78. The topological polar surface area (TPSA) is 56.7 Å². The highest BCUT2D eigenvalue weighted by molar-refractivity contribution is 5.58. The molecule has 0 amide bonds. The van der Waals surface area contributed by atoms with Crippen LogP contribution in [0.4, 0.5) is 10.3 Å². The SMILES string of the molecule is Nc1nc2ccn(Cc3ccc(F)cc3)cc-2n1. The van der Waals surface area contributed by atoms with Crippen LogP contribution in [-0.4, -0.2) is 14.5 Å². The van der Waals surface area contributed by atoms with Crippen molar-refractivity contribution in [2.45, 2.75) is 6.54 Å². The molecular weight excluding hydrogens is 231 g/mol. The lowest BCUT2D eigenvalue weighted by Crippen LogP contribution is -2.00. The number of anilines is 1. The van der Waals surface area contributed by atoms with E-state index in [9.17, 15) is 4.39 Å². The van der Waals surface area contributed by atoms with E-state index in [1.165, 1.54) is 12.1 Å². The van der Waals surface area contributed by atoms with E-state index in [1.807, 2.05) is 23.0 Å². The quantitative estimate of drug-likeness (QED) is 0.749. The highest BCUT2D eigenvalue weighted by atomic mass is 19.1. The molecule has 0 saturated heterocycles. The van der Waals surface area contributed by atoms with Crippen LogP contribution < -0.4 is 5.73 Å². The molecule has 0 saturated carbocycles. The molecule has 2 heterocycles. The molecule has 1 aromatic carbocycles. The third kappa shape index (κ3) is 2.02. The van der Waals surface area contributed by atoms with Gasteiger partial charge in [-0.15, -0.1) is 0 Å². The molecule has 0 bridgehead atoms. The number of hydrogen-bond donors (Lipinski definition) is 1. The van der Waals surface area contributed by atoms with Gasteiger partial charge in [0.2, 0.25) is 5.95 Å². The zero-order valence-corrected chi connectivity index (χ0v) is 9.55. The second kappa shape index (κ2) is 4.10. The van der Waals surface area contributed by atoms with Crippen LogP contribution in [0.3, 0.4) is 0 Å². The molecule has 0 aromatic heterocycles. The molecule has 1 aromatic rings. The largest absolute Gasteiger partial charge is 0.368 e. The van der Waals surface area contributed by atoms with Crippen molar-refractivity contribution >= 4 is 5.95 Å². The molecular formula is C13H11FN4. The Bertz CT molecular complexity index is 645. The molecule has 0 radical (unpaired) electrons. The molecule has 2 aliphatic heterocycles. The maximum Gasteiger partial charge on any atom is 0.221 e. The first kappa shape index (κ1) is 10.7. The number of hydrogen-bond acceptors (Lipinski definition) is 3. The zero-order valence-electron chi connectivity index (χ0n) is 9.55. The molecule has 5 heteroatoms. The maximum absolute atomic E-state index is 12.8. The number of nitrogens with two attached hydrogens (primary N) is 1. The predicted octanol–water partition coefficient (Wildman–Crippen LogP) is 2.15. The minimum Gasteiger partial charge on any atom is -0.368 e. The van der Waals surface area contributed by atoms with Crippen molar-refractivity contribution in [3.8, 4) is 11.4 Å². The van der Waals surface area contributed by atoms with E-state index in [4.69, 9.17) is 5.73 Å². The highest BCUT2D eigenvalue weighted by Crippen LogP contribution is 2.19. The summed E-state index contributed by atoms with van der Waals surface area (Å²) in [5, 5.41) is 0. The van der Waals surface area contributed by atoms with Crippen molar-refractivity contribution in [2.75, 3.05) is 5.73 Å². The second-order valence-corrected chi connectivity index (χ2v) is 4.10. The maximum atomic E-state index is 12.8. The number of rotatable bonds is 2. The van der Waals surface area contributed by atoms with E-state index in [1.54, 1.807) is 12.1 Å². The third-order valence-electron chi connectivity index (χ3n) is 2.72. The summed E-state index contributed by atoms with van der Waals surface area (Å²) in [4.78, 5) is 8.19. The monoisotopic (exact) mass is 242 g/mol. The van der Waals surface area contributed by atoms with Crippen LogP contribution in [0.15, 0.2) is 42.7 Å². The number of pyridine rings is 1. The lowest BCUT2D eigenvalue weighted by molar-refractivity contribution is 0.626. The van der Waals surface area contributed by atoms with Gasteiger partial charge in [0, 0.05) is 18.9 Å². The minimum absolute atomic E-state index is 0.228. The second-order valence-electron chi connectivity index (χ2n) is 4.10. The van der Waals surface area contributed by atoms with E-state index in [-0.39, 0.29) is 11.8 Å². The minimum atomic E-state index is -0.228. The fourth-order valence-electron chi connectivity index (χ4n) is 1.87. The number of benzene rings is 1. The molecule has 2 aliphatic rings. The molecule has 0 spiro atoms. The number of nitrogens with zero attached hydrogens (tertiary/aromatic N) is 3. The Morgan fingerprint density at radius 2 is 1.78 bits per heavy atom. The third-order valence-corrected chi connectivity index (χ3v) is 2.72. The summed E-state index contributed by atoms with van der Waals surface area (Å²) in [6.45, 7) is 0.656. The van der Waals surface area contributed by atoms with E-state index >= 15 is 0 Å². The van der Waals surface area contributed by atoms with Gasteiger partial charge in [-0.3, -0.25) is 0 Å². The Hall–Kier alpha value is -2.43. The Balaban J connectivity index is 1.91. The van der Waals surface area contributed by atoms with Crippen LogP contribution in [0.25, 0.3) is 11.4 Å². The molecule has 0 aliphatic carbocycles. The van der Waals surface area contributed by atoms with Crippen molar-refractivity contribution in [1.29, 1.82) is 0 Å². The van der Waals surface area contributed by atoms with Gasteiger partial charge in [0.25, 0.3) is 0 Å². The summed E-state index contributed by atoms with van der Waals surface area (Å²) < 4.78 is 14.8. The first-order valence-corrected chi connectivity index (χ1v) is 5.54. The molecule has 18 heavy (non-hydrogen) atoms. The molecule has 0 unspecified atom stereocenters. The number of imidazole rings is 1. The lowest BCUT2D eigenvalue weighted by Gasteiger charge is -2.07. The normalized spacial score (nSPS) is 10.9. The van der Waals surface area contributed by atoms with E-state index < -0.39 is 0 Å². The molecule has 0 atom stereocenters. The van der Waals surface area contributed by atoms with Gasteiger partial charge in [-0.2, -0.15) is 0 Å². The predicted molar refractivity (Wildman–Crippen MR) is 66.6 cm³/mol. The average molecular weight is 242 g/mol. The Labute approximate surface area is 103 Å². The fourth-order valence-corrected chi connectivity index (χ4v) is 1.87. The van der Waals surface area contributed by atoms with Crippen LogP contribution in [-0.2, 0) is 6.54 Å². The smallest absolute Gasteiger partial charge is 0.221 e. The van der Waals surface area contributed by atoms with Crippen molar-refractivity contribution in [3.05, 3.63) is 54.1 Å². The summed E-state index contributed by atoms with van der Waals surface area (Å²) >= 11 is 0. The molecule has 2 N–H and O–H groups in total. The summed E-state index contributed by atoms with van der Waals surface area (Å²) in [5.74, 6) is 0.0541. The van der Waals surface area contributed by atoms with Gasteiger partial charge in [-0.25, -0.2) is 14.4 Å². The molecule has 0 fully saturated rings. The van der Waals surface area contributed by atoms with Gasteiger partial charge in [0.15, 0.2) is 0 Å². The van der Waals surface area contributed by atoms with Gasteiger partial charge < -0.3 is 10.3 Å². The lowest BCUT2D eigenvalue weighted by atomic mass is 10.2. The highest BCUT2D eigenvalue weighted by Gasteiger charge is 2.08. The first-order chi connectivity index (χ1) is 8.70. The fraction of sp³-hybridized carbons (Fsp3) is 0.0769. The van der Waals surface area contributed by atoms with E-state index in [0.717, 1.165) is 17.0 Å². The van der Waals surface area contributed by atoms with Gasteiger partial charge in [0.1, 0.15) is 11.5 Å². The molecule has 90 valence electrons.